The van der Waals surface area contributed by atoms with Gasteiger partial charge >= 0.3 is 5.97 Å². The van der Waals surface area contributed by atoms with E-state index in [0.717, 1.165) is 24.4 Å². The number of piperazine rings is 1. The summed E-state index contributed by atoms with van der Waals surface area (Å²) in [6.07, 6.45) is 3.22. The lowest BCUT2D eigenvalue weighted by atomic mass is 10.2. The standard InChI is InChI=1S/C15H19N3O3/c1-11(2)9-14(19)18-7-5-17(6-8-18)12-3-4-13(15(20)21)16-10-12/h3-4,9-10H,5-8H2,1-2H3,(H,20,21). The summed E-state index contributed by atoms with van der Waals surface area (Å²) in [5, 5.41) is 8.83. The minimum atomic E-state index is -1.03. The Labute approximate surface area is 123 Å². The number of hydrogen-bond acceptors (Lipinski definition) is 4. The maximum atomic E-state index is 11.9. The molecule has 0 aromatic carbocycles. The zero-order valence-electron chi connectivity index (χ0n) is 12.2. The highest BCUT2D eigenvalue weighted by Gasteiger charge is 2.20. The van der Waals surface area contributed by atoms with Crippen LogP contribution >= 0.6 is 0 Å². The molecule has 0 unspecified atom stereocenters. The summed E-state index contributed by atoms with van der Waals surface area (Å²) in [7, 11) is 0. The van der Waals surface area contributed by atoms with Crippen molar-refractivity contribution >= 4 is 17.6 Å². The van der Waals surface area contributed by atoms with Crippen molar-refractivity contribution in [2.75, 3.05) is 31.1 Å². The van der Waals surface area contributed by atoms with E-state index in [1.807, 2.05) is 18.7 Å². The van der Waals surface area contributed by atoms with Crippen molar-refractivity contribution in [1.29, 1.82) is 0 Å². The van der Waals surface area contributed by atoms with Crippen LogP contribution in [0.15, 0.2) is 30.0 Å². The molecule has 1 aromatic rings. The molecule has 0 aliphatic carbocycles. The number of pyridine rings is 1. The summed E-state index contributed by atoms with van der Waals surface area (Å²) in [5.41, 5.74) is 1.92. The number of nitrogens with zero attached hydrogens (tertiary/aromatic N) is 3. The molecular weight excluding hydrogens is 270 g/mol. The fraction of sp³-hybridized carbons (Fsp3) is 0.400. The van der Waals surface area contributed by atoms with Gasteiger partial charge < -0.3 is 14.9 Å². The van der Waals surface area contributed by atoms with Gasteiger partial charge in [-0.05, 0) is 26.0 Å². The Balaban J connectivity index is 1.96. The molecule has 1 N–H and O–H groups in total. The van der Waals surface area contributed by atoms with Crippen LogP contribution in [0.5, 0.6) is 0 Å². The second-order valence-electron chi connectivity index (χ2n) is 5.24. The first-order valence-electron chi connectivity index (χ1n) is 6.85. The Morgan fingerprint density at radius 3 is 2.33 bits per heavy atom. The minimum Gasteiger partial charge on any atom is -0.477 e. The summed E-state index contributed by atoms with van der Waals surface area (Å²) in [4.78, 5) is 30.5. The van der Waals surface area contributed by atoms with Gasteiger partial charge in [-0.25, -0.2) is 9.78 Å². The highest BCUT2D eigenvalue weighted by atomic mass is 16.4. The van der Waals surface area contributed by atoms with E-state index in [9.17, 15) is 9.59 Å². The van der Waals surface area contributed by atoms with Gasteiger partial charge in [-0.15, -0.1) is 0 Å². The monoisotopic (exact) mass is 289 g/mol. The van der Waals surface area contributed by atoms with Gasteiger partial charge in [-0.3, -0.25) is 4.79 Å². The van der Waals surface area contributed by atoms with Gasteiger partial charge in [0.15, 0.2) is 0 Å². The van der Waals surface area contributed by atoms with Crippen LogP contribution in [-0.4, -0.2) is 53.0 Å². The first-order valence-corrected chi connectivity index (χ1v) is 6.85. The predicted octanol–water partition coefficient (Wildman–Crippen LogP) is 1.39. The summed E-state index contributed by atoms with van der Waals surface area (Å²) < 4.78 is 0. The van der Waals surface area contributed by atoms with E-state index in [2.05, 4.69) is 9.88 Å². The molecule has 1 aromatic heterocycles. The average molecular weight is 289 g/mol. The number of hydrogen-bond donors (Lipinski definition) is 1. The van der Waals surface area contributed by atoms with E-state index in [1.54, 1.807) is 18.3 Å². The number of amides is 1. The third-order valence-electron chi connectivity index (χ3n) is 3.34. The van der Waals surface area contributed by atoms with Crippen molar-refractivity contribution in [3.63, 3.8) is 0 Å². The highest BCUT2D eigenvalue weighted by molar-refractivity contribution is 5.88. The lowest BCUT2D eigenvalue weighted by Gasteiger charge is -2.35. The van der Waals surface area contributed by atoms with E-state index in [4.69, 9.17) is 5.11 Å². The molecule has 21 heavy (non-hydrogen) atoms. The van der Waals surface area contributed by atoms with Crippen molar-refractivity contribution in [3.8, 4) is 0 Å². The van der Waals surface area contributed by atoms with Crippen LogP contribution in [0.4, 0.5) is 5.69 Å². The Bertz CT molecular complexity index is 554. The average Bonchev–Trinajstić information content (AvgIpc) is 2.47. The molecule has 0 radical (unpaired) electrons. The van der Waals surface area contributed by atoms with E-state index in [1.165, 1.54) is 6.07 Å². The fourth-order valence-corrected chi connectivity index (χ4v) is 2.22. The van der Waals surface area contributed by atoms with Crippen LogP contribution in [0.2, 0.25) is 0 Å². The number of carboxylic acids is 1. The van der Waals surface area contributed by atoms with Crippen molar-refractivity contribution < 1.29 is 14.7 Å². The molecule has 112 valence electrons. The molecule has 1 saturated heterocycles. The number of carboxylic acid groups (broad SMARTS) is 1. The normalized spacial score (nSPS) is 14.8. The number of carbonyl (C=O) groups excluding carboxylic acids is 1. The SMILES string of the molecule is CC(C)=CC(=O)N1CCN(c2ccc(C(=O)O)nc2)CC1. The number of aromatic carboxylic acids is 1. The number of rotatable bonds is 3. The van der Waals surface area contributed by atoms with Crippen molar-refractivity contribution in [2.24, 2.45) is 0 Å². The fourth-order valence-electron chi connectivity index (χ4n) is 2.22. The quantitative estimate of drug-likeness (QED) is 0.851. The van der Waals surface area contributed by atoms with Gasteiger partial charge in [-0.1, -0.05) is 5.57 Å². The maximum absolute atomic E-state index is 11.9. The van der Waals surface area contributed by atoms with Crippen LogP contribution in [0.3, 0.4) is 0 Å². The molecule has 2 rings (SSSR count). The van der Waals surface area contributed by atoms with Gasteiger partial charge in [-0.2, -0.15) is 0 Å². The lowest BCUT2D eigenvalue weighted by molar-refractivity contribution is -0.126. The van der Waals surface area contributed by atoms with Crippen LogP contribution in [0.1, 0.15) is 24.3 Å². The minimum absolute atomic E-state index is 0.0381. The Hall–Kier alpha value is -2.37. The van der Waals surface area contributed by atoms with Gasteiger partial charge in [0.05, 0.1) is 11.9 Å². The molecule has 0 bridgehead atoms. The van der Waals surface area contributed by atoms with E-state index >= 15 is 0 Å². The van der Waals surface area contributed by atoms with Crippen LogP contribution in [-0.2, 0) is 4.79 Å². The topological polar surface area (TPSA) is 73.7 Å². The van der Waals surface area contributed by atoms with E-state index in [0.29, 0.717) is 13.1 Å². The summed E-state index contributed by atoms with van der Waals surface area (Å²) in [6.45, 7) is 6.56. The van der Waals surface area contributed by atoms with Gasteiger partial charge in [0.1, 0.15) is 5.69 Å². The molecular formula is C15H19N3O3. The molecule has 1 aliphatic rings. The third kappa shape index (κ3) is 3.81. The molecule has 0 saturated carbocycles. The molecule has 0 atom stereocenters. The molecule has 6 nitrogen and oxygen atoms in total. The molecule has 1 fully saturated rings. The van der Waals surface area contributed by atoms with Gasteiger partial charge in [0.25, 0.3) is 0 Å². The lowest BCUT2D eigenvalue weighted by Crippen LogP contribution is -2.48. The smallest absolute Gasteiger partial charge is 0.354 e. The Morgan fingerprint density at radius 1 is 1.19 bits per heavy atom. The van der Waals surface area contributed by atoms with Crippen LogP contribution < -0.4 is 4.90 Å². The largest absolute Gasteiger partial charge is 0.477 e. The first-order chi connectivity index (χ1) is 9.97. The maximum Gasteiger partial charge on any atom is 0.354 e. The number of anilines is 1. The Morgan fingerprint density at radius 2 is 1.86 bits per heavy atom. The number of carbonyl (C=O) groups is 2. The molecule has 2 heterocycles. The highest BCUT2D eigenvalue weighted by Crippen LogP contribution is 2.16. The van der Waals surface area contributed by atoms with E-state index in [-0.39, 0.29) is 11.6 Å². The zero-order valence-corrected chi connectivity index (χ0v) is 12.2. The summed E-state index contributed by atoms with van der Waals surface area (Å²) in [5.74, 6) is -0.979. The summed E-state index contributed by atoms with van der Waals surface area (Å²) in [6, 6.07) is 3.25. The molecule has 1 amide bonds. The second-order valence-corrected chi connectivity index (χ2v) is 5.24. The molecule has 0 spiro atoms. The van der Waals surface area contributed by atoms with Crippen LogP contribution in [0.25, 0.3) is 0 Å². The third-order valence-corrected chi connectivity index (χ3v) is 3.34. The number of aromatic nitrogens is 1. The van der Waals surface area contributed by atoms with Crippen molar-refractivity contribution in [2.45, 2.75) is 13.8 Å². The van der Waals surface area contributed by atoms with Gasteiger partial charge in [0.2, 0.25) is 5.91 Å². The van der Waals surface area contributed by atoms with Crippen molar-refractivity contribution in [1.82, 2.24) is 9.88 Å². The number of allylic oxidation sites excluding steroid dienone is 1. The van der Waals surface area contributed by atoms with Gasteiger partial charge in [0, 0.05) is 32.3 Å². The van der Waals surface area contributed by atoms with Crippen molar-refractivity contribution in [3.05, 3.63) is 35.7 Å². The predicted molar refractivity (Wildman–Crippen MR) is 79.4 cm³/mol. The summed E-state index contributed by atoms with van der Waals surface area (Å²) >= 11 is 0. The first kappa shape index (κ1) is 15.0. The van der Waals surface area contributed by atoms with Crippen LogP contribution in [0, 0.1) is 0 Å². The van der Waals surface area contributed by atoms with E-state index < -0.39 is 5.97 Å². The zero-order chi connectivity index (χ0) is 15.4. The molecule has 6 heteroatoms. The Kier molecular flexibility index (Phi) is 4.57. The molecule has 1 aliphatic heterocycles. The second kappa shape index (κ2) is 6.39.